The van der Waals surface area contributed by atoms with E-state index in [0.717, 1.165) is 5.56 Å². The van der Waals surface area contributed by atoms with Crippen LogP contribution in [0.3, 0.4) is 0 Å². The van der Waals surface area contributed by atoms with Crippen LogP contribution in [0.4, 0.5) is 0 Å². The Morgan fingerprint density at radius 3 is 2.65 bits per heavy atom. The van der Waals surface area contributed by atoms with Crippen molar-refractivity contribution in [3.05, 3.63) is 93.6 Å². The summed E-state index contributed by atoms with van der Waals surface area (Å²) in [7, 11) is 0. The number of esters is 1. The monoisotopic (exact) mass is 476 g/mol. The molecule has 0 spiro atoms. The summed E-state index contributed by atoms with van der Waals surface area (Å²) in [5, 5.41) is 15.3. The fraction of sp³-hybridized carbons (Fsp3) is 0.231. The SMILES string of the molecule is CC1=C(C(=O)NCC=Cc2ccncc2)C(c2cccc(Cl)c2)C(C(=O)OCCC#N)=C(C)N1. The fourth-order valence-electron chi connectivity index (χ4n) is 3.77. The molecule has 0 radical (unpaired) electrons. The van der Waals surface area contributed by atoms with Crippen LogP contribution in [0, 0.1) is 11.3 Å². The molecular weight excluding hydrogens is 452 g/mol. The molecule has 2 N–H and O–H groups in total. The van der Waals surface area contributed by atoms with Crippen LogP contribution in [-0.2, 0) is 14.3 Å². The lowest BCUT2D eigenvalue weighted by molar-refractivity contribution is -0.139. The van der Waals surface area contributed by atoms with Crippen LogP contribution in [0.5, 0.6) is 0 Å². The van der Waals surface area contributed by atoms with Gasteiger partial charge in [0.2, 0.25) is 5.91 Å². The molecule has 0 fully saturated rings. The topological polar surface area (TPSA) is 104 Å². The van der Waals surface area contributed by atoms with Crippen molar-refractivity contribution >= 4 is 29.6 Å². The summed E-state index contributed by atoms with van der Waals surface area (Å²) in [4.78, 5) is 30.3. The van der Waals surface area contributed by atoms with Crippen LogP contribution < -0.4 is 10.6 Å². The molecule has 1 amide bonds. The molecule has 2 heterocycles. The molecule has 0 saturated heterocycles. The highest BCUT2D eigenvalue weighted by Gasteiger charge is 2.37. The van der Waals surface area contributed by atoms with Gasteiger partial charge in [0.1, 0.15) is 6.61 Å². The van der Waals surface area contributed by atoms with Gasteiger partial charge in [-0.15, -0.1) is 0 Å². The van der Waals surface area contributed by atoms with E-state index in [1.54, 1.807) is 44.4 Å². The number of hydrogen-bond acceptors (Lipinski definition) is 6. The number of dihydropyridines is 1. The lowest BCUT2D eigenvalue weighted by Crippen LogP contribution is -2.36. The molecule has 7 nitrogen and oxygen atoms in total. The maximum atomic E-state index is 13.3. The van der Waals surface area contributed by atoms with Crippen molar-refractivity contribution in [3.8, 4) is 6.07 Å². The molecule has 0 saturated carbocycles. The summed E-state index contributed by atoms with van der Waals surface area (Å²) in [6.07, 6.45) is 7.20. The smallest absolute Gasteiger partial charge is 0.336 e. The Bertz CT molecular complexity index is 1200. The van der Waals surface area contributed by atoms with Crippen LogP contribution in [0.25, 0.3) is 6.08 Å². The minimum Gasteiger partial charge on any atom is -0.461 e. The van der Waals surface area contributed by atoms with E-state index in [4.69, 9.17) is 21.6 Å². The van der Waals surface area contributed by atoms with Gasteiger partial charge in [-0.1, -0.05) is 35.9 Å². The number of pyridine rings is 1. The lowest BCUT2D eigenvalue weighted by atomic mass is 9.80. The van der Waals surface area contributed by atoms with E-state index in [-0.39, 0.29) is 18.9 Å². The number of carbonyl (C=O) groups excluding carboxylic acids is 2. The number of nitriles is 1. The Labute approximate surface area is 203 Å². The second-order valence-electron chi connectivity index (χ2n) is 7.63. The second-order valence-corrected chi connectivity index (χ2v) is 8.06. The minimum atomic E-state index is -0.682. The van der Waals surface area contributed by atoms with E-state index in [0.29, 0.717) is 39.7 Å². The zero-order valence-electron chi connectivity index (χ0n) is 19.0. The van der Waals surface area contributed by atoms with Crippen LogP contribution in [-0.4, -0.2) is 30.0 Å². The normalized spacial score (nSPS) is 15.6. The van der Waals surface area contributed by atoms with E-state index in [1.807, 2.05) is 36.4 Å². The number of halogens is 1. The third-order valence-electron chi connectivity index (χ3n) is 5.25. The van der Waals surface area contributed by atoms with Crippen LogP contribution in [0.15, 0.2) is 77.4 Å². The van der Waals surface area contributed by atoms with Crippen molar-refractivity contribution < 1.29 is 14.3 Å². The van der Waals surface area contributed by atoms with Gasteiger partial charge >= 0.3 is 5.97 Å². The number of benzene rings is 1. The van der Waals surface area contributed by atoms with Crippen LogP contribution in [0.2, 0.25) is 5.02 Å². The molecule has 1 aliphatic heterocycles. The maximum absolute atomic E-state index is 13.3. The van der Waals surface area contributed by atoms with Crippen molar-refractivity contribution in [3.63, 3.8) is 0 Å². The summed E-state index contributed by atoms with van der Waals surface area (Å²) in [6, 6.07) is 12.7. The molecule has 174 valence electrons. The van der Waals surface area contributed by atoms with Gasteiger partial charge in [0.05, 0.1) is 24.0 Å². The second kappa shape index (κ2) is 11.8. The van der Waals surface area contributed by atoms with Gasteiger partial charge in [0.25, 0.3) is 0 Å². The molecule has 0 aliphatic carbocycles. The summed E-state index contributed by atoms with van der Waals surface area (Å²) >= 11 is 6.24. The standard InChI is InChI=1S/C26H25ClN4O3/c1-17-22(25(32)30-12-4-6-19-9-13-29-14-10-19)24(20-7-3-8-21(27)16-20)23(18(2)31-17)26(33)34-15-5-11-28/h3-4,6-10,13-14,16,24,31H,5,12,15H2,1-2H3,(H,30,32). The van der Waals surface area contributed by atoms with Crippen molar-refractivity contribution in [2.75, 3.05) is 13.2 Å². The highest BCUT2D eigenvalue weighted by atomic mass is 35.5. The first kappa shape index (κ1) is 24.7. The van der Waals surface area contributed by atoms with E-state index >= 15 is 0 Å². The van der Waals surface area contributed by atoms with Crippen molar-refractivity contribution in [1.82, 2.24) is 15.6 Å². The van der Waals surface area contributed by atoms with Gasteiger partial charge in [-0.2, -0.15) is 5.26 Å². The van der Waals surface area contributed by atoms with Crippen LogP contribution in [0.1, 0.15) is 37.3 Å². The maximum Gasteiger partial charge on any atom is 0.336 e. The Kier molecular flexibility index (Phi) is 8.60. The Morgan fingerprint density at radius 1 is 1.21 bits per heavy atom. The van der Waals surface area contributed by atoms with Crippen LogP contribution >= 0.6 is 11.6 Å². The number of hydrogen-bond donors (Lipinski definition) is 2. The quantitative estimate of drug-likeness (QED) is 0.436. The molecule has 1 atom stereocenters. The summed E-state index contributed by atoms with van der Waals surface area (Å²) < 4.78 is 5.32. The molecule has 1 aromatic heterocycles. The number of nitrogens with one attached hydrogen (secondary N) is 2. The largest absolute Gasteiger partial charge is 0.461 e. The summed E-state index contributed by atoms with van der Waals surface area (Å²) in [5.74, 6) is -1.58. The minimum absolute atomic E-state index is 0.0294. The highest BCUT2D eigenvalue weighted by molar-refractivity contribution is 6.30. The van der Waals surface area contributed by atoms with Crippen molar-refractivity contribution in [2.45, 2.75) is 26.2 Å². The van der Waals surface area contributed by atoms with Gasteiger partial charge in [0.15, 0.2) is 0 Å². The molecule has 0 bridgehead atoms. The number of nitrogens with zero attached hydrogens (tertiary/aromatic N) is 2. The van der Waals surface area contributed by atoms with Crippen molar-refractivity contribution in [2.24, 2.45) is 0 Å². The molecule has 2 aromatic rings. The number of amides is 1. The van der Waals surface area contributed by atoms with Gasteiger partial charge in [0, 0.05) is 40.9 Å². The van der Waals surface area contributed by atoms with Gasteiger partial charge in [-0.25, -0.2) is 4.79 Å². The number of aromatic nitrogens is 1. The molecule has 34 heavy (non-hydrogen) atoms. The van der Waals surface area contributed by atoms with E-state index in [2.05, 4.69) is 15.6 Å². The van der Waals surface area contributed by atoms with Crippen molar-refractivity contribution in [1.29, 1.82) is 5.26 Å². The number of rotatable bonds is 8. The zero-order chi connectivity index (χ0) is 24.5. The molecule has 3 rings (SSSR count). The Balaban J connectivity index is 1.89. The van der Waals surface area contributed by atoms with Gasteiger partial charge < -0.3 is 15.4 Å². The predicted octanol–water partition coefficient (Wildman–Crippen LogP) is 4.26. The molecule has 1 unspecified atom stereocenters. The average molecular weight is 477 g/mol. The zero-order valence-corrected chi connectivity index (χ0v) is 19.7. The Morgan fingerprint density at radius 2 is 1.94 bits per heavy atom. The fourth-order valence-corrected chi connectivity index (χ4v) is 3.97. The highest BCUT2D eigenvalue weighted by Crippen LogP contribution is 2.39. The first-order chi connectivity index (χ1) is 16.4. The first-order valence-corrected chi connectivity index (χ1v) is 11.1. The third kappa shape index (κ3) is 6.12. The molecule has 1 aromatic carbocycles. The lowest BCUT2D eigenvalue weighted by Gasteiger charge is -2.31. The van der Waals surface area contributed by atoms with Gasteiger partial charge in [-0.3, -0.25) is 9.78 Å². The average Bonchev–Trinajstić information content (AvgIpc) is 2.82. The van der Waals surface area contributed by atoms with Gasteiger partial charge in [-0.05, 0) is 49.2 Å². The number of allylic oxidation sites excluding steroid dienone is 2. The summed E-state index contributed by atoms with van der Waals surface area (Å²) in [6.45, 7) is 3.82. The van der Waals surface area contributed by atoms with E-state index in [9.17, 15) is 9.59 Å². The van der Waals surface area contributed by atoms with E-state index < -0.39 is 11.9 Å². The Hall–Kier alpha value is -3.89. The first-order valence-electron chi connectivity index (χ1n) is 10.7. The predicted molar refractivity (Wildman–Crippen MR) is 130 cm³/mol. The molecule has 1 aliphatic rings. The van der Waals surface area contributed by atoms with E-state index in [1.165, 1.54) is 0 Å². The third-order valence-corrected chi connectivity index (χ3v) is 5.49. The molecular formula is C26H25ClN4O3. The summed E-state index contributed by atoms with van der Waals surface area (Å²) in [5.41, 5.74) is 3.58. The number of ether oxygens (including phenoxy) is 1. The number of carbonyl (C=O) groups is 2. The molecule has 8 heteroatoms.